The standard InChI is InChI=1S/C18H25N7O2/c1-12-7-6-8-13(2)16(12)25-17(22-23-24-25)18(9-4-5-10-18)19-11-15(27)21-20-14(3)26/h6-8,19H,4-5,9-11H2,1-3H3,(H,20,26)(H,21,27)/p+1. The van der Waals surface area contributed by atoms with Gasteiger partial charge in [-0.15, -0.1) is 5.10 Å². The van der Waals surface area contributed by atoms with Gasteiger partial charge in [-0.2, -0.15) is 4.68 Å². The molecule has 0 spiro atoms. The largest absolute Gasteiger partial charge is 0.327 e. The zero-order valence-electron chi connectivity index (χ0n) is 16.0. The molecule has 2 amide bonds. The number of quaternary nitrogens is 1. The number of para-hydroxylation sites is 1. The van der Waals surface area contributed by atoms with E-state index >= 15 is 0 Å². The van der Waals surface area contributed by atoms with Crippen molar-refractivity contribution in [3.8, 4) is 5.69 Å². The van der Waals surface area contributed by atoms with Gasteiger partial charge in [0.25, 0.3) is 5.91 Å². The molecule has 0 bridgehead atoms. The quantitative estimate of drug-likeness (QED) is 0.627. The normalized spacial score (nSPS) is 15.5. The molecule has 2 aromatic rings. The van der Waals surface area contributed by atoms with E-state index in [2.05, 4.69) is 26.4 Å². The average Bonchev–Trinajstić information content (AvgIpc) is 3.28. The minimum atomic E-state index is -0.355. The van der Waals surface area contributed by atoms with Crippen LogP contribution in [0.4, 0.5) is 0 Å². The lowest BCUT2D eigenvalue weighted by molar-refractivity contribution is -0.728. The first-order valence-electron chi connectivity index (χ1n) is 9.18. The van der Waals surface area contributed by atoms with Crippen LogP contribution in [0.25, 0.3) is 5.69 Å². The van der Waals surface area contributed by atoms with E-state index in [0.717, 1.165) is 48.3 Å². The molecule has 0 aliphatic heterocycles. The van der Waals surface area contributed by atoms with Crippen LogP contribution in [-0.4, -0.2) is 38.6 Å². The van der Waals surface area contributed by atoms with Gasteiger partial charge >= 0.3 is 0 Å². The third kappa shape index (κ3) is 3.97. The lowest BCUT2D eigenvalue weighted by atomic mass is 9.95. The fraction of sp³-hybridized carbons (Fsp3) is 0.500. The van der Waals surface area contributed by atoms with Crippen molar-refractivity contribution in [2.24, 2.45) is 0 Å². The Morgan fingerprint density at radius 1 is 1.19 bits per heavy atom. The molecule has 144 valence electrons. The zero-order chi connectivity index (χ0) is 19.4. The molecular formula is C18H26N7O2+. The third-order valence-electron chi connectivity index (χ3n) is 5.12. The van der Waals surface area contributed by atoms with E-state index in [-0.39, 0.29) is 23.9 Å². The number of nitrogens with two attached hydrogens (primary N) is 1. The lowest BCUT2D eigenvalue weighted by Gasteiger charge is -2.26. The van der Waals surface area contributed by atoms with Gasteiger partial charge in [-0.1, -0.05) is 18.2 Å². The second kappa shape index (κ2) is 7.83. The molecule has 1 aromatic heterocycles. The molecule has 4 N–H and O–H groups in total. The summed E-state index contributed by atoms with van der Waals surface area (Å²) in [6, 6.07) is 6.10. The van der Waals surface area contributed by atoms with Crippen molar-refractivity contribution < 1.29 is 14.9 Å². The van der Waals surface area contributed by atoms with Crippen LogP contribution in [0.1, 0.15) is 49.6 Å². The van der Waals surface area contributed by atoms with Crippen LogP contribution in [0.5, 0.6) is 0 Å². The van der Waals surface area contributed by atoms with Crippen LogP contribution < -0.4 is 16.2 Å². The summed E-state index contributed by atoms with van der Waals surface area (Å²) in [7, 11) is 0. The van der Waals surface area contributed by atoms with Crippen LogP contribution in [-0.2, 0) is 15.1 Å². The van der Waals surface area contributed by atoms with Gasteiger partial charge in [0, 0.05) is 19.8 Å². The highest BCUT2D eigenvalue weighted by molar-refractivity contribution is 5.81. The van der Waals surface area contributed by atoms with E-state index in [4.69, 9.17) is 0 Å². The Kier molecular flexibility index (Phi) is 5.50. The van der Waals surface area contributed by atoms with Crippen LogP contribution in [0.15, 0.2) is 18.2 Å². The highest BCUT2D eigenvalue weighted by atomic mass is 16.2. The summed E-state index contributed by atoms with van der Waals surface area (Å²) < 4.78 is 1.82. The van der Waals surface area contributed by atoms with Gasteiger partial charge in [0.15, 0.2) is 12.1 Å². The number of tetrazole rings is 1. The molecule has 0 unspecified atom stereocenters. The Balaban J connectivity index is 1.87. The van der Waals surface area contributed by atoms with Gasteiger partial charge in [0.2, 0.25) is 11.7 Å². The summed E-state index contributed by atoms with van der Waals surface area (Å²) in [4.78, 5) is 23.0. The molecule has 1 saturated carbocycles. The van der Waals surface area contributed by atoms with Crippen LogP contribution in [0.3, 0.4) is 0 Å². The molecule has 1 fully saturated rings. The van der Waals surface area contributed by atoms with E-state index in [9.17, 15) is 9.59 Å². The van der Waals surface area contributed by atoms with Crippen LogP contribution >= 0.6 is 0 Å². The number of nitrogens with zero attached hydrogens (tertiary/aromatic N) is 4. The molecule has 0 atom stereocenters. The number of hydrazine groups is 1. The van der Waals surface area contributed by atoms with Gasteiger partial charge in [-0.25, -0.2) is 0 Å². The predicted molar refractivity (Wildman–Crippen MR) is 97.5 cm³/mol. The second-order valence-electron chi connectivity index (χ2n) is 7.16. The summed E-state index contributed by atoms with van der Waals surface area (Å²) in [6.45, 7) is 5.61. The second-order valence-corrected chi connectivity index (χ2v) is 7.16. The minimum absolute atomic E-state index is 0.180. The maximum atomic E-state index is 12.1. The number of aromatic nitrogens is 4. The number of hydrogen-bond acceptors (Lipinski definition) is 5. The Morgan fingerprint density at radius 3 is 2.48 bits per heavy atom. The van der Waals surface area contributed by atoms with Crippen molar-refractivity contribution in [2.45, 2.75) is 52.0 Å². The number of aryl methyl sites for hydroxylation is 2. The molecule has 27 heavy (non-hydrogen) atoms. The summed E-state index contributed by atoms with van der Waals surface area (Å²) in [5.41, 5.74) is 7.55. The topological polar surface area (TPSA) is 118 Å². The fourth-order valence-electron chi connectivity index (χ4n) is 3.81. The molecule has 1 aliphatic rings. The van der Waals surface area contributed by atoms with E-state index in [0.29, 0.717) is 0 Å². The Morgan fingerprint density at radius 2 is 1.85 bits per heavy atom. The van der Waals surface area contributed by atoms with Gasteiger partial charge in [0.1, 0.15) is 0 Å². The number of carbonyl (C=O) groups is 2. The first-order chi connectivity index (χ1) is 12.9. The molecule has 1 aromatic carbocycles. The SMILES string of the molecule is CC(=O)NNC(=O)C[NH2+]C1(c2nnnn2-c2c(C)cccc2C)CCCC1. The highest BCUT2D eigenvalue weighted by Gasteiger charge is 2.45. The minimum Gasteiger partial charge on any atom is -0.327 e. The Bertz CT molecular complexity index is 820. The van der Waals surface area contributed by atoms with Crippen molar-refractivity contribution in [1.82, 2.24) is 31.1 Å². The van der Waals surface area contributed by atoms with Crippen LogP contribution in [0, 0.1) is 13.8 Å². The number of amides is 2. The third-order valence-corrected chi connectivity index (χ3v) is 5.12. The molecule has 0 radical (unpaired) electrons. The maximum Gasteiger partial charge on any atom is 0.293 e. The number of nitrogens with one attached hydrogen (secondary N) is 2. The summed E-state index contributed by atoms with van der Waals surface area (Å²) in [6.07, 6.45) is 3.91. The monoisotopic (exact) mass is 372 g/mol. The molecular weight excluding hydrogens is 346 g/mol. The van der Waals surface area contributed by atoms with Crippen molar-refractivity contribution in [1.29, 1.82) is 0 Å². The Labute approximate surface area is 157 Å². The molecule has 9 nitrogen and oxygen atoms in total. The molecule has 3 rings (SSSR count). The number of hydrogen-bond donors (Lipinski definition) is 3. The number of rotatable bonds is 5. The number of benzene rings is 1. The van der Waals surface area contributed by atoms with Gasteiger partial charge in [0.05, 0.1) is 5.69 Å². The van der Waals surface area contributed by atoms with E-state index in [1.54, 1.807) is 0 Å². The Hall–Kier alpha value is -2.81. The average molecular weight is 372 g/mol. The van der Waals surface area contributed by atoms with E-state index in [1.807, 2.05) is 42.0 Å². The molecule has 0 saturated heterocycles. The first-order valence-corrected chi connectivity index (χ1v) is 9.18. The lowest BCUT2D eigenvalue weighted by Crippen LogP contribution is -2.96. The highest BCUT2D eigenvalue weighted by Crippen LogP contribution is 2.35. The summed E-state index contributed by atoms with van der Waals surface area (Å²) in [5.74, 6) is 0.199. The predicted octanol–water partition coefficient (Wildman–Crippen LogP) is -0.221. The molecule has 1 aliphatic carbocycles. The van der Waals surface area contributed by atoms with Crippen molar-refractivity contribution in [3.63, 3.8) is 0 Å². The zero-order valence-corrected chi connectivity index (χ0v) is 16.0. The van der Waals surface area contributed by atoms with Crippen molar-refractivity contribution in [3.05, 3.63) is 35.2 Å². The molecule has 1 heterocycles. The van der Waals surface area contributed by atoms with Crippen molar-refractivity contribution in [2.75, 3.05) is 6.54 Å². The van der Waals surface area contributed by atoms with E-state index in [1.165, 1.54) is 6.92 Å². The first kappa shape index (κ1) is 19.0. The van der Waals surface area contributed by atoms with Gasteiger partial charge in [-0.3, -0.25) is 20.4 Å². The fourth-order valence-corrected chi connectivity index (χ4v) is 3.81. The smallest absolute Gasteiger partial charge is 0.293 e. The van der Waals surface area contributed by atoms with Crippen molar-refractivity contribution >= 4 is 11.8 Å². The van der Waals surface area contributed by atoms with Gasteiger partial charge < -0.3 is 5.32 Å². The van der Waals surface area contributed by atoms with E-state index < -0.39 is 0 Å². The molecule has 9 heteroatoms. The number of carbonyl (C=O) groups excluding carboxylic acids is 2. The van der Waals surface area contributed by atoms with Gasteiger partial charge in [-0.05, 0) is 48.2 Å². The maximum absolute atomic E-state index is 12.1. The summed E-state index contributed by atoms with van der Waals surface area (Å²) >= 11 is 0. The van der Waals surface area contributed by atoms with Crippen LogP contribution in [0.2, 0.25) is 0 Å². The summed E-state index contributed by atoms with van der Waals surface area (Å²) in [5, 5.41) is 14.5.